The standard InChI is InChI=1S/C13H17BrN2O2/c1-18-8-7-16-13(12(15)17)6-5-9-10(13)3-2-4-11(9)14/h2-4,16H,5-8H2,1H3,(H2,15,17). The Balaban J connectivity index is 2.35. The first kappa shape index (κ1) is 13.5. The van der Waals surface area contributed by atoms with Gasteiger partial charge in [0.2, 0.25) is 5.91 Å². The van der Waals surface area contributed by atoms with Crippen LogP contribution in [0.4, 0.5) is 0 Å². The van der Waals surface area contributed by atoms with Gasteiger partial charge in [-0.2, -0.15) is 0 Å². The summed E-state index contributed by atoms with van der Waals surface area (Å²) >= 11 is 3.53. The van der Waals surface area contributed by atoms with Gasteiger partial charge in [0, 0.05) is 18.1 Å². The summed E-state index contributed by atoms with van der Waals surface area (Å²) in [6, 6.07) is 5.90. The molecule has 0 saturated heterocycles. The summed E-state index contributed by atoms with van der Waals surface area (Å²) < 4.78 is 6.05. The number of nitrogens with two attached hydrogens (primary N) is 1. The van der Waals surface area contributed by atoms with Crippen molar-refractivity contribution >= 4 is 21.8 Å². The number of hydrogen-bond acceptors (Lipinski definition) is 3. The van der Waals surface area contributed by atoms with Crippen molar-refractivity contribution < 1.29 is 9.53 Å². The smallest absolute Gasteiger partial charge is 0.242 e. The Morgan fingerprint density at radius 1 is 1.61 bits per heavy atom. The minimum absolute atomic E-state index is 0.324. The van der Waals surface area contributed by atoms with Gasteiger partial charge in [-0.05, 0) is 30.0 Å². The zero-order chi connectivity index (χ0) is 13.2. The summed E-state index contributed by atoms with van der Waals surface area (Å²) in [6.45, 7) is 1.16. The maximum atomic E-state index is 11.9. The lowest BCUT2D eigenvalue weighted by atomic mass is 9.91. The van der Waals surface area contributed by atoms with E-state index < -0.39 is 5.54 Å². The van der Waals surface area contributed by atoms with Gasteiger partial charge < -0.3 is 10.5 Å². The lowest BCUT2D eigenvalue weighted by molar-refractivity contribution is -0.124. The third kappa shape index (κ3) is 2.18. The molecule has 0 fully saturated rings. The average Bonchev–Trinajstić information content (AvgIpc) is 2.72. The number of halogens is 1. The van der Waals surface area contributed by atoms with Crippen LogP contribution in [0, 0.1) is 0 Å². The second-order valence-corrected chi connectivity index (χ2v) is 5.31. The molecule has 2 rings (SSSR count). The molecule has 3 N–H and O–H groups in total. The van der Waals surface area contributed by atoms with Crippen molar-refractivity contribution in [3.8, 4) is 0 Å². The fraction of sp³-hybridized carbons (Fsp3) is 0.462. The maximum Gasteiger partial charge on any atom is 0.242 e. The lowest BCUT2D eigenvalue weighted by Crippen LogP contribution is -2.52. The van der Waals surface area contributed by atoms with Crippen molar-refractivity contribution in [2.24, 2.45) is 5.73 Å². The van der Waals surface area contributed by atoms with Crippen LogP contribution in [0.1, 0.15) is 17.5 Å². The number of methoxy groups -OCH3 is 1. The SMILES string of the molecule is COCCNC1(C(N)=O)CCc2c(Br)cccc21. The fourth-order valence-electron chi connectivity index (χ4n) is 2.55. The van der Waals surface area contributed by atoms with Gasteiger partial charge >= 0.3 is 0 Å². The Hall–Kier alpha value is -0.910. The number of ether oxygens (including phenoxy) is 1. The number of fused-ring (bicyclic) bond motifs is 1. The van der Waals surface area contributed by atoms with Crippen molar-refractivity contribution in [1.29, 1.82) is 0 Å². The van der Waals surface area contributed by atoms with E-state index in [4.69, 9.17) is 10.5 Å². The summed E-state index contributed by atoms with van der Waals surface area (Å²) in [5.74, 6) is -0.324. The van der Waals surface area contributed by atoms with E-state index >= 15 is 0 Å². The van der Waals surface area contributed by atoms with E-state index in [1.165, 1.54) is 5.56 Å². The van der Waals surface area contributed by atoms with Crippen LogP contribution in [0.2, 0.25) is 0 Å². The molecule has 1 aliphatic carbocycles. The molecule has 18 heavy (non-hydrogen) atoms. The van der Waals surface area contributed by atoms with Gasteiger partial charge in [0.05, 0.1) is 6.61 Å². The highest BCUT2D eigenvalue weighted by atomic mass is 79.9. The molecule has 0 radical (unpaired) electrons. The van der Waals surface area contributed by atoms with Gasteiger partial charge in [-0.1, -0.05) is 28.1 Å². The molecule has 5 heteroatoms. The van der Waals surface area contributed by atoms with Crippen LogP contribution < -0.4 is 11.1 Å². The number of carbonyl (C=O) groups is 1. The van der Waals surface area contributed by atoms with Crippen molar-refractivity contribution in [3.63, 3.8) is 0 Å². The van der Waals surface area contributed by atoms with Crippen LogP contribution >= 0.6 is 15.9 Å². The van der Waals surface area contributed by atoms with Crippen LogP contribution in [0.5, 0.6) is 0 Å². The van der Waals surface area contributed by atoms with E-state index in [1.807, 2.05) is 18.2 Å². The lowest BCUT2D eigenvalue weighted by Gasteiger charge is -2.28. The van der Waals surface area contributed by atoms with E-state index in [-0.39, 0.29) is 5.91 Å². The Morgan fingerprint density at radius 2 is 2.39 bits per heavy atom. The summed E-state index contributed by atoms with van der Waals surface area (Å²) in [6.07, 6.45) is 1.55. The number of amides is 1. The summed E-state index contributed by atoms with van der Waals surface area (Å²) in [7, 11) is 1.64. The molecule has 1 aromatic carbocycles. The third-order valence-corrected chi connectivity index (χ3v) is 4.23. The number of primary amides is 1. The van der Waals surface area contributed by atoms with E-state index in [1.54, 1.807) is 7.11 Å². The van der Waals surface area contributed by atoms with Gasteiger partial charge in [0.25, 0.3) is 0 Å². The zero-order valence-corrected chi connectivity index (χ0v) is 11.9. The molecule has 1 atom stereocenters. The van der Waals surface area contributed by atoms with Crippen molar-refractivity contribution in [1.82, 2.24) is 5.32 Å². The molecule has 1 unspecified atom stereocenters. The minimum Gasteiger partial charge on any atom is -0.383 e. The number of carbonyl (C=O) groups excluding carboxylic acids is 1. The molecule has 0 aromatic heterocycles. The first-order valence-electron chi connectivity index (χ1n) is 5.93. The molecule has 0 aliphatic heterocycles. The molecule has 1 amide bonds. The molecule has 1 aliphatic rings. The first-order valence-corrected chi connectivity index (χ1v) is 6.73. The number of rotatable bonds is 5. The highest BCUT2D eigenvalue weighted by Gasteiger charge is 2.44. The number of hydrogen-bond donors (Lipinski definition) is 2. The normalized spacial score (nSPS) is 21.9. The molecular weight excluding hydrogens is 296 g/mol. The van der Waals surface area contributed by atoms with Gasteiger partial charge in [-0.15, -0.1) is 0 Å². The highest BCUT2D eigenvalue weighted by Crippen LogP contribution is 2.40. The second kappa shape index (κ2) is 5.38. The van der Waals surface area contributed by atoms with Gasteiger partial charge in [-0.25, -0.2) is 0 Å². The Bertz CT molecular complexity index is 464. The van der Waals surface area contributed by atoms with Crippen molar-refractivity contribution in [2.45, 2.75) is 18.4 Å². The molecule has 0 bridgehead atoms. The van der Waals surface area contributed by atoms with Gasteiger partial charge in [0.1, 0.15) is 5.54 Å². The molecule has 1 aromatic rings. The Kier molecular flexibility index (Phi) is 4.04. The number of nitrogens with one attached hydrogen (secondary N) is 1. The van der Waals surface area contributed by atoms with Crippen LogP contribution in [0.25, 0.3) is 0 Å². The first-order chi connectivity index (χ1) is 8.62. The van der Waals surface area contributed by atoms with E-state index in [0.717, 1.165) is 16.5 Å². The zero-order valence-electron chi connectivity index (χ0n) is 10.3. The third-order valence-electron chi connectivity index (χ3n) is 3.48. The fourth-order valence-corrected chi connectivity index (χ4v) is 3.12. The van der Waals surface area contributed by atoms with E-state index in [9.17, 15) is 4.79 Å². The van der Waals surface area contributed by atoms with Crippen LogP contribution in [0.15, 0.2) is 22.7 Å². The Labute approximate surface area is 115 Å². The minimum atomic E-state index is -0.752. The predicted octanol–water partition coefficient (Wildman–Crippen LogP) is 1.31. The van der Waals surface area contributed by atoms with Crippen LogP contribution in [-0.2, 0) is 21.5 Å². The average molecular weight is 313 g/mol. The summed E-state index contributed by atoms with van der Waals surface area (Å²) in [5, 5.41) is 3.26. The van der Waals surface area contributed by atoms with Gasteiger partial charge in [-0.3, -0.25) is 10.1 Å². The van der Waals surface area contributed by atoms with Crippen molar-refractivity contribution in [3.05, 3.63) is 33.8 Å². The van der Waals surface area contributed by atoms with E-state index in [0.29, 0.717) is 19.6 Å². The second-order valence-electron chi connectivity index (χ2n) is 4.46. The van der Waals surface area contributed by atoms with Crippen molar-refractivity contribution in [2.75, 3.05) is 20.3 Å². The van der Waals surface area contributed by atoms with Crippen LogP contribution in [-0.4, -0.2) is 26.2 Å². The largest absolute Gasteiger partial charge is 0.383 e. The molecule has 4 nitrogen and oxygen atoms in total. The van der Waals surface area contributed by atoms with E-state index in [2.05, 4.69) is 21.2 Å². The molecule has 0 spiro atoms. The molecule has 0 heterocycles. The monoisotopic (exact) mass is 312 g/mol. The van der Waals surface area contributed by atoms with Crippen LogP contribution in [0.3, 0.4) is 0 Å². The predicted molar refractivity (Wildman–Crippen MR) is 73.2 cm³/mol. The Morgan fingerprint density at radius 3 is 3.06 bits per heavy atom. The quantitative estimate of drug-likeness (QED) is 0.806. The number of benzene rings is 1. The molecule has 98 valence electrons. The maximum absolute atomic E-state index is 11.9. The molecule has 0 saturated carbocycles. The highest BCUT2D eigenvalue weighted by molar-refractivity contribution is 9.10. The molecular formula is C13H17BrN2O2. The summed E-state index contributed by atoms with van der Waals surface area (Å²) in [5.41, 5.74) is 7.02. The summed E-state index contributed by atoms with van der Waals surface area (Å²) in [4.78, 5) is 11.9. The van der Waals surface area contributed by atoms with Gasteiger partial charge in [0.15, 0.2) is 0 Å². The topological polar surface area (TPSA) is 64.3 Å².